The zero-order chi connectivity index (χ0) is 8.97. The number of carbonyl (C=O) groups excluding carboxylic acids is 1. The van der Waals surface area contributed by atoms with Crippen molar-refractivity contribution in [3.8, 4) is 0 Å². The fraction of sp³-hybridized carbons (Fsp3) is 0.667. The zero-order valence-electron chi connectivity index (χ0n) is 7.67. The highest BCUT2D eigenvalue weighted by atomic mass is 32.2. The van der Waals surface area contributed by atoms with E-state index in [9.17, 15) is 4.79 Å². The van der Waals surface area contributed by atoms with Crippen molar-refractivity contribution >= 4 is 17.7 Å². The second-order valence-electron chi connectivity index (χ2n) is 3.16. The third kappa shape index (κ3) is 2.89. The lowest BCUT2D eigenvalue weighted by Gasteiger charge is -2.25. The van der Waals surface area contributed by atoms with Crippen molar-refractivity contribution in [3.63, 3.8) is 0 Å². The summed E-state index contributed by atoms with van der Waals surface area (Å²) in [6.07, 6.45) is 1.72. The van der Waals surface area contributed by atoms with Gasteiger partial charge in [-0.15, -0.1) is 0 Å². The Balaban J connectivity index is 2.45. The standard InChI is InChI=1S/C9H15NOS/c1-8(2)7-9(11)10-3-5-12-6-4-10/h7H,3-6H2,1-2H3. The van der Waals surface area contributed by atoms with Gasteiger partial charge in [0.05, 0.1) is 0 Å². The molecule has 0 N–H and O–H groups in total. The average Bonchev–Trinajstić information content (AvgIpc) is 2.05. The van der Waals surface area contributed by atoms with Gasteiger partial charge in [0, 0.05) is 30.7 Å². The van der Waals surface area contributed by atoms with E-state index in [0.29, 0.717) is 0 Å². The summed E-state index contributed by atoms with van der Waals surface area (Å²) in [5.41, 5.74) is 1.08. The number of carbonyl (C=O) groups is 1. The molecule has 1 saturated heterocycles. The number of rotatable bonds is 1. The van der Waals surface area contributed by atoms with E-state index in [1.54, 1.807) is 6.08 Å². The molecular weight excluding hydrogens is 170 g/mol. The van der Waals surface area contributed by atoms with Crippen LogP contribution in [0.25, 0.3) is 0 Å². The molecule has 0 atom stereocenters. The molecule has 1 aliphatic heterocycles. The molecule has 12 heavy (non-hydrogen) atoms. The molecule has 68 valence electrons. The fourth-order valence-corrected chi connectivity index (χ4v) is 2.03. The summed E-state index contributed by atoms with van der Waals surface area (Å²) in [6, 6.07) is 0. The van der Waals surface area contributed by atoms with Crippen LogP contribution in [0.2, 0.25) is 0 Å². The van der Waals surface area contributed by atoms with Crippen LogP contribution in [0.4, 0.5) is 0 Å². The molecule has 1 heterocycles. The van der Waals surface area contributed by atoms with E-state index in [2.05, 4.69) is 0 Å². The predicted octanol–water partition coefficient (Wildman–Crippen LogP) is 1.53. The third-order valence-electron chi connectivity index (χ3n) is 1.73. The van der Waals surface area contributed by atoms with Crippen molar-refractivity contribution in [1.29, 1.82) is 0 Å². The van der Waals surface area contributed by atoms with Crippen molar-refractivity contribution in [1.82, 2.24) is 4.90 Å². The number of thioether (sulfide) groups is 1. The molecule has 1 aliphatic rings. The van der Waals surface area contributed by atoms with E-state index in [4.69, 9.17) is 0 Å². The molecule has 0 spiro atoms. The minimum atomic E-state index is 0.176. The van der Waals surface area contributed by atoms with Crippen LogP contribution in [0.5, 0.6) is 0 Å². The highest BCUT2D eigenvalue weighted by molar-refractivity contribution is 7.99. The summed E-state index contributed by atoms with van der Waals surface area (Å²) in [5, 5.41) is 0. The Morgan fingerprint density at radius 2 is 1.92 bits per heavy atom. The lowest BCUT2D eigenvalue weighted by Crippen LogP contribution is -2.36. The summed E-state index contributed by atoms with van der Waals surface area (Å²) in [5.74, 6) is 2.35. The van der Waals surface area contributed by atoms with Crippen LogP contribution in [0.15, 0.2) is 11.6 Å². The molecule has 2 nitrogen and oxygen atoms in total. The van der Waals surface area contributed by atoms with Crippen molar-refractivity contribution in [2.45, 2.75) is 13.8 Å². The summed E-state index contributed by atoms with van der Waals surface area (Å²) in [7, 11) is 0. The SMILES string of the molecule is CC(C)=CC(=O)N1CCSCC1. The molecule has 1 amide bonds. The van der Waals surface area contributed by atoms with Gasteiger partial charge in [-0.05, 0) is 13.8 Å². The fourth-order valence-electron chi connectivity index (χ4n) is 1.12. The smallest absolute Gasteiger partial charge is 0.246 e. The summed E-state index contributed by atoms with van der Waals surface area (Å²) in [6.45, 7) is 5.73. The molecule has 0 saturated carbocycles. The van der Waals surface area contributed by atoms with Crippen LogP contribution < -0.4 is 0 Å². The number of allylic oxidation sites excluding steroid dienone is 1. The number of hydrogen-bond donors (Lipinski definition) is 0. The predicted molar refractivity (Wildman–Crippen MR) is 53.3 cm³/mol. The van der Waals surface area contributed by atoms with E-state index < -0.39 is 0 Å². The van der Waals surface area contributed by atoms with Crippen molar-refractivity contribution < 1.29 is 4.79 Å². The van der Waals surface area contributed by atoms with Gasteiger partial charge in [-0.2, -0.15) is 11.8 Å². The second-order valence-corrected chi connectivity index (χ2v) is 4.38. The van der Waals surface area contributed by atoms with Gasteiger partial charge in [0.15, 0.2) is 0 Å². The molecule has 0 aromatic carbocycles. The molecule has 0 bridgehead atoms. The van der Waals surface area contributed by atoms with Crippen LogP contribution in [0, 0.1) is 0 Å². The molecule has 0 radical (unpaired) electrons. The van der Waals surface area contributed by atoms with Gasteiger partial charge >= 0.3 is 0 Å². The van der Waals surface area contributed by atoms with Gasteiger partial charge in [-0.3, -0.25) is 4.79 Å². The number of nitrogens with zero attached hydrogens (tertiary/aromatic N) is 1. The van der Waals surface area contributed by atoms with E-state index in [-0.39, 0.29) is 5.91 Å². The first kappa shape index (κ1) is 9.65. The van der Waals surface area contributed by atoms with Crippen LogP contribution in [0.3, 0.4) is 0 Å². The molecule has 0 unspecified atom stereocenters. The first-order valence-electron chi connectivity index (χ1n) is 4.21. The molecule has 3 heteroatoms. The van der Waals surface area contributed by atoms with E-state index in [1.807, 2.05) is 30.5 Å². The molecule has 0 aromatic rings. The summed E-state index contributed by atoms with van der Waals surface area (Å²) in [4.78, 5) is 13.4. The maximum Gasteiger partial charge on any atom is 0.246 e. The van der Waals surface area contributed by atoms with Crippen LogP contribution in [-0.2, 0) is 4.79 Å². The molecule has 1 fully saturated rings. The lowest BCUT2D eigenvalue weighted by atomic mass is 10.3. The summed E-state index contributed by atoms with van der Waals surface area (Å²) < 4.78 is 0. The molecular formula is C9H15NOS. The maximum absolute atomic E-state index is 11.4. The van der Waals surface area contributed by atoms with Crippen molar-refractivity contribution in [2.75, 3.05) is 24.6 Å². The monoisotopic (exact) mass is 185 g/mol. The molecule has 0 aliphatic carbocycles. The molecule has 1 rings (SSSR count). The quantitative estimate of drug-likeness (QED) is 0.577. The van der Waals surface area contributed by atoms with Gasteiger partial charge in [-0.1, -0.05) is 5.57 Å². The highest BCUT2D eigenvalue weighted by Gasteiger charge is 2.13. The number of hydrogen-bond acceptors (Lipinski definition) is 2. The Morgan fingerprint density at radius 3 is 2.42 bits per heavy atom. The van der Waals surface area contributed by atoms with Crippen molar-refractivity contribution in [3.05, 3.63) is 11.6 Å². The van der Waals surface area contributed by atoms with Crippen LogP contribution in [0.1, 0.15) is 13.8 Å². The minimum Gasteiger partial charge on any atom is -0.338 e. The van der Waals surface area contributed by atoms with Gasteiger partial charge < -0.3 is 4.90 Å². The second kappa shape index (κ2) is 4.55. The first-order valence-corrected chi connectivity index (χ1v) is 5.37. The van der Waals surface area contributed by atoms with E-state index in [1.165, 1.54) is 0 Å². The Bertz CT molecular complexity index is 191. The third-order valence-corrected chi connectivity index (χ3v) is 2.68. The largest absolute Gasteiger partial charge is 0.338 e. The van der Waals surface area contributed by atoms with Gasteiger partial charge in [0.25, 0.3) is 0 Å². The summed E-state index contributed by atoms with van der Waals surface area (Å²) >= 11 is 1.92. The zero-order valence-corrected chi connectivity index (χ0v) is 8.49. The Hall–Kier alpha value is -0.440. The van der Waals surface area contributed by atoms with Crippen LogP contribution in [-0.4, -0.2) is 35.4 Å². The average molecular weight is 185 g/mol. The van der Waals surface area contributed by atoms with Crippen molar-refractivity contribution in [2.24, 2.45) is 0 Å². The lowest BCUT2D eigenvalue weighted by molar-refractivity contribution is -0.125. The van der Waals surface area contributed by atoms with Gasteiger partial charge in [-0.25, -0.2) is 0 Å². The highest BCUT2D eigenvalue weighted by Crippen LogP contribution is 2.09. The Kier molecular flexibility index (Phi) is 3.66. The Labute approximate surface area is 78.0 Å². The number of amides is 1. The van der Waals surface area contributed by atoms with E-state index in [0.717, 1.165) is 30.2 Å². The molecule has 0 aromatic heterocycles. The maximum atomic E-state index is 11.4. The minimum absolute atomic E-state index is 0.176. The Morgan fingerprint density at radius 1 is 1.33 bits per heavy atom. The first-order chi connectivity index (χ1) is 5.70. The van der Waals surface area contributed by atoms with Crippen LogP contribution >= 0.6 is 11.8 Å². The van der Waals surface area contributed by atoms with E-state index >= 15 is 0 Å². The normalized spacial score (nSPS) is 17.3. The topological polar surface area (TPSA) is 20.3 Å². The van der Waals surface area contributed by atoms with Gasteiger partial charge in [0.2, 0.25) is 5.91 Å². The van der Waals surface area contributed by atoms with Gasteiger partial charge in [0.1, 0.15) is 0 Å².